The number of aliphatic carboxylic acids is 3. The molecule has 4 N–H and O–H groups in total. The summed E-state index contributed by atoms with van der Waals surface area (Å²) in [5, 5.41) is 30.1. The van der Waals surface area contributed by atoms with Crippen LogP contribution in [-0.4, -0.2) is 132 Å². The maximum absolute atomic E-state index is 11.2. The number of carbonyl (C=O) groups is 5. The number of likely N-dealkylation sites (N-methyl/N-ethyl adjacent to an activating group) is 1. The van der Waals surface area contributed by atoms with Gasteiger partial charge in [-0.15, -0.1) is 0 Å². The number of hydrogen-bond acceptors (Lipinski definition) is 9. The molecule has 31 heavy (non-hydrogen) atoms. The largest absolute Gasteiger partial charge is 0.480 e. The van der Waals surface area contributed by atoms with Crippen molar-refractivity contribution in [2.24, 2.45) is 0 Å². The summed E-state index contributed by atoms with van der Waals surface area (Å²) in [6, 6.07) is -0.491. The zero-order valence-electron chi connectivity index (χ0n) is 17.9. The van der Waals surface area contributed by atoms with Crippen molar-refractivity contribution in [3.63, 3.8) is 0 Å². The Kier molecular flexibility index (Phi) is 15.9. The van der Waals surface area contributed by atoms with Crippen LogP contribution in [0.3, 0.4) is 0 Å². The smallest absolute Gasteiger partial charge is 0.317 e. The van der Waals surface area contributed by atoms with Gasteiger partial charge in [0.2, 0.25) is 0 Å². The Hall–Kier alpha value is -2.41. The SMILES string of the molecule is CCN(CCN(CCN(CCNC(C=O)CCC=O)CC(=O)O)CC(=O)O)CC(=O)O. The van der Waals surface area contributed by atoms with Crippen LogP contribution in [0.5, 0.6) is 0 Å². The van der Waals surface area contributed by atoms with Crippen molar-refractivity contribution in [3.8, 4) is 0 Å². The second-order valence-electron chi connectivity index (χ2n) is 7.04. The molecular formula is C19H34N4O8. The Balaban J connectivity index is 4.75. The number of rotatable bonds is 21. The number of carboxylic acid groups (broad SMARTS) is 3. The minimum atomic E-state index is -1.03. The lowest BCUT2D eigenvalue weighted by atomic mass is 10.2. The summed E-state index contributed by atoms with van der Waals surface area (Å²) in [6.07, 6.45) is 2.04. The van der Waals surface area contributed by atoms with E-state index in [9.17, 15) is 24.0 Å². The maximum Gasteiger partial charge on any atom is 0.317 e. The summed E-state index contributed by atoms with van der Waals surface area (Å²) < 4.78 is 0. The maximum atomic E-state index is 11.2. The minimum Gasteiger partial charge on any atom is -0.480 e. The molecule has 0 spiro atoms. The summed E-state index contributed by atoms with van der Waals surface area (Å²) in [6.45, 7) is 3.59. The van der Waals surface area contributed by atoms with Gasteiger partial charge < -0.3 is 30.2 Å². The van der Waals surface area contributed by atoms with Crippen molar-refractivity contribution in [1.29, 1.82) is 0 Å². The minimum absolute atomic E-state index is 0.143. The van der Waals surface area contributed by atoms with E-state index in [1.54, 1.807) is 14.7 Å². The van der Waals surface area contributed by atoms with E-state index in [2.05, 4.69) is 5.32 Å². The highest BCUT2D eigenvalue weighted by molar-refractivity contribution is 5.69. The highest BCUT2D eigenvalue weighted by Crippen LogP contribution is 1.97. The van der Waals surface area contributed by atoms with Crippen LogP contribution in [-0.2, 0) is 24.0 Å². The standard InChI is InChI=1S/C19H34N4O8/c1-2-21(12-17(26)27)7-8-23(14-19(30)31)10-9-22(13-18(28)29)6-5-20-16(15-25)4-3-11-24/h11,15-16,20H,2-10,12-14H2,1H3,(H,26,27)(H,28,29)(H,30,31). The zero-order chi connectivity index (χ0) is 23.6. The van der Waals surface area contributed by atoms with Gasteiger partial charge in [0, 0.05) is 45.7 Å². The van der Waals surface area contributed by atoms with Crippen LogP contribution < -0.4 is 5.32 Å². The predicted octanol–water partition coefficient (Wildman–Crippen LogP) is -1.70. The number of hydrogen-bond donors (Lipinski definition) is 4. The van der Waals surface area contributed by atoms with Gasteiger partial charge in [-0.2, -0.15) is 0 Å². The van der Waals surface area contributed by atoms with E-state index < -0.39 is 23.9 Å². The molecule has 0 aromatic carbocycles. The summed E-state index contributed by atoms with van der Waals surface area (Å²) in [5.74, 6) is -3.03. The Bertz CT molecular complexity index is 575. The quantitative estimate of drug-likeness (QED) is 0.148. The molecule has 0 bridgehead atoms. The van der Waals surface area contributed by atoms with E-state index in [1.807, 2.05) is 6.92 Å². The Morgan fingerprint density at radius 3 is 1.68 bits per heavy atom. The van der Waals surface area contributed by atoms with Gasteiger partial charge in [-0.1, -0.05) is 6.92 Å². The van der Waals surface area contributed by atoms with Crippen LogP contribution in [0.2, 0.25) is 0 Å². The summed E-state index contributed by atoms with van der Waals surface area (Å²) in [7, 11) is 0. The van der Waals surface area contributed by atoms with E-state index in [0.717, 1.165) is 6.29 Å². The Morgan fingerprint density at radius 2 is 1.26 bits per heavy atom. The first-order valence-electron chi connectivity index (χ1n) is 10.2. The topological polar surface area (TPSA) is 168 Å². The average molecular weight is 447 g/mol. The first-order valence-corrected chi connectivity index (χ1v) is 10.2. The molecule has 0 rings (SSSR count). The van der Waals surface area contributed by atoms with E-state index in [0.29, 0.717) is 45.4 Å². The second kappa shape index (κ2) is 17.3. The predicted molar refractivity (Wildman–Crippen MR) is 111 cm³/mol. The van der Waals surface area contributed by atoms with Crippen LogP contribution in [0.1, 0.15) is 19.8 Å². The van der Waals surface area contributed by atoms with E-state index in [-0.39, 0.29) is 39.1 Å². The molecule has 0 amide bonds. The number of carbonyl (C=O) groups excluding carboxylic acids is 2. The van der Waals surface area contributed by atoms with Crippen molar-refractivity contribution in [3.05, 3.63) is 0 Å². The van der Waals surface area contributed by atoms with Crippen LogP contribution in [0, 0.1) is 0 Å². The molecule has 0 aliphatic rings. The zero-order valence-corrected chi connectivity index (χ0v) is 17.9. The monoisotopic (exact) mass is 446 g/mol. The van der Waals surface area contributed by atoms with Crippen LogP contribution in [0.15, 0.2) is 0 Å². The van der Waals surface area contributed by atoms with Gasteiger partial charge >= 0.3 is 17.9 Å². The second-order valence-corrected chi connectivity index (χ2v) is 7.04. The Morgan fingerprint density at radius 1 is 0.806 bits per heavy atom. The van der Waals surface area contributed by atoms with Crippen molar-refractivity contribution < 1.29 is 39.3 Å². The molecule has 0 heterocycles. The summed E-state index contributed by atoms with van der Waals surface area (Å²) in [5.41, 5.74) is 0. The van der Waals surface area contributed by atoms with Crippen LogP contribution >= 0.6 is 0 Å². The highest BCUT2D eigenvalue weighted by atomic mass is 16.4. The molecule has 0 aromatic heterocycles. The molecule has 0 aliphatic heterocycles. The molecule has 12 heteroatoms. The number of nitrogens with one attached hydrogen (secondary N) is 1. The molecule has 1 atom stereocenters. The summed E-state index contributed by atoms with van der Waals surface area (Å²) >= 11 is 0. The molecule has 1 unspecified atom stereocenters. The van der Waals surface area contributed by atoms with Gasteiger partial charge in [0.15, 0.2) is 0 Å². The van der Waals surface area contributed by atoms with Crippen molar-refractivity contribution in [2.75, 3.05) is 65.4 Å². The van der Waals surface area contributed by atoms with E-state index >= 15 is 0 Å². The third-order valence-electron chi connectivity index (χ3n) is 4.58. The number of carboxylic acids is 3. The average Bonchev–Trinajstić information content (AvgIpc) is 2.69. The molecule has 0 saturated heterocycles. The lowest BCUT2D eigenvalue weighted by molar-refractivity contribution is -0.140. The normalized spacial score (nSPS) is 12.3. The molecule has 12 nitrogen and oxygen atoms in total. The Labute approximate surface area is 181 Å². The highest BCUT2D eigenvalue weighted by Gasteiger charge is 2.16. The van der Waals surface area contributed by atoms with E-state index in [1.165, 1.54) is 0 Å². The van der Waals surface area contributed by atoms with Crippen LogP contribution in [0.4, 0.5) is 0 Å². The lowest BCUT2D eigenvalue weighted by Gasteiger charge is -2.28. The molecule has 0 aromatic rings. The fraction of sp³-hybridized carbons (Fsp3) is 0.737. The molecule has 0 saturated carbocycles. The van der Waals surface area contributed by atoms with Crippen LogP contribution in [0.25, 0.3) is 0 Å². The fourth-order valence-electron chi connectivity index (χ4n) is 2.90. The first kappa shape index (κ1) is 28.6. The van der Waals surface area contributed by atoms with Gasteiger partial charge in [0.25, 0.3) is 0 Å². The van der Waals surface area contributed by atoms with E-state index in [4.69, 9.17) is 15.3 Å². The van der Waals surface area contributed by atoms with Crippen molar-refractivity contribution in [2.45, 2.75) is 25.8 Å². The molecule has 0 radical (unpaired) electrons. The number of nitrogens with zero attached hydrogens (tertiary/aromatic N) is 3. The van der Waals surface area contributed by atoms with Gasteiger partial charge in [-0.05, 0) is 13.0 Å². The van der Waals surface area contributed by atoms with Gasteiger partial charge in [-0.3, -0.25) is 29.1 Å². The third kappa shape index (κ3) is 16.0. The van der Waals surface area contributed by atoms with Crippen molar-refractivity contribution >= 4 is 30.5 Å². The molecular weight excluding hydrogens is 412 g/mol. The van der Waals surface area contributed by atoms with Gasteiger partial charge in [0.1, 0.15) is 12.6 Å². The lowest BCUT2D eigenvalue weighted by Crippen LogP contribution is -2.45. The third-order valence-corrected chi connectivity index (χ3v) is 4.58. The molecule has 0 aliphatic carbocycles. The molecule has 178 valence electrons. The van der Waals surface area contributed by atoms with Gasteiger partial charge in [0.05, 0.1) is 25.7 Å². The summed E-state index contributed by atoms with van der Waals surface area (Å²) in [4.78, 5) is 59.6. The number of aldehydes is 2. The first-order chi connectivity index (χ1) is 14.7. The van der Waals surface area contributed by atoms with Gasteiger partial charge in [-0.25, -0.2) is 0 Å². The molecule has 0 fully saturated rings. The fourth-order valence-corrected chi connectivity index (χ4v) is 2.90. The van der Waals surface area contributed by atoms with Crippen molar-refractivity contribution in [1.82, 2.24) is 20.0 Å².